The van der Waals surface area contributed by atoms with Crippen molar-refractivity contribution in [2.45, 2.75) is 44.0 Å². The molecule has 1 aliphatic heterocycles. The molecule has 0 radical (unpaired) electrons. The van der Waals surface area contributed by atoms with Gasteiger partial charge in [-0.1, -0.05) is 13.3 Å². The molecular weight excluding hydrogens is 362 g/mol. The zero-order chi connectivity index (χ0) is 17.7. The average molecular weight is 390 g/mol. The fourth-order valence-electron chi connectivity index (χ4n) is 2.79. The van der Waals surface area contributed by atoms with Crippen LogP contribution in [0.3, 0.4) is 0 Å². The van der Waals surface area contributed by atoms with E-state index in [1.54, 1.807) is 16.4 Å². The van der Waals surface area contributed by atoms with Crippen LogP contribution in [0, 0.1) is 5.92 Å². The molecule has 1 aromatic carbocycles. The number of hydrogen-bond donors (Lipinski definition) is 2. The van der Waals surface area contributed by atoms with Crippen molar-refractivity contribution in [3.63, 3.8) is 0 Å². The Morgan fingerprint density at radius 2 is 1.96 bits per heavy atom. The maximum Gasteiger partial charge on any atom is 0.251 e. The molecule has 1 heterocycles. The van der Waals surface area contributed by atoms with Gasteiger partial charge in [0.2, 0.25) is 10.0 Å². The molecule has 1 saturated heterocycles. The first kappa shape index (κ1) is 21.9. The normalized spacial score (nSPS) is 19.7. The Hall–Kier alpha value is -1.15. The molecule has 6 nitrogen and oxygen atoms in total. The number of nitrogens with two attached hydrogens (primary N) is 1. The van der Waals surface area contributed by atoms with Gasteiger partial charge in [-0.05, 0) is 56.5 Å². The number of halogens is 1. The molecule has 1 aliphatic rings. The van der Waals surface area contributed by atoms with Crippen molar-refractivity contribution in [2.75, 3.05) is 19.6 Å². The summed E-state index contributed by atoms with van der Waals surface area (Å²) in [5, 5.41) is 2.80. The lowest BCUT2D eigenvalue weighted by molar-refractivity contribution is 0.0948. The van der Waals surface area contributed by atoms with Gasteiger partial charge in [-0.2, -0.15) is 4.31 Å². The van der Waals surface area contributed by atoms with E-state index >= 15 is 0 Å². The minimum atomic E-state index is -3.50. The van der Waals surface area contributed by atoms with E-state index in [0.29, 0.717) is 25.2 Å². The van der Waals surface area contributed by atoms with Crippen LogP contribution in [-0.4, -0.2) is 44.3 Å². The summed E-state index contributed by atoms with van der Waals surface area (Å²) in [4.78, 5) is 12.3. The topological polar surface area (TPSA) is 92.5 Å². The van der Waals surface area contributed by atoms with Crippen LogP contribution in [0.15, 0.2) is 29.2 Å². The quantitative estimate of drug-likeness (QED) is 0.778. The lowest BCUT2D eigenvalue weighted by Crippen LogP contribution is -2.41. The second-order valence-corrected chi connectivity index (χ2v) is 8.43. The largest absolute Gasteiger partial charge is 0.352 e. The summed E-state index contributed by atoms with van der Waals surface area (Å²) < 4.78 is 27.1. The predicted octanol–water partition coefficient (Wildman–Crippen LogP) is 2.00. The van der Waals surface area contributed by atoms with Gasteiger partial charge in [-0.25, -0.2) is 8.42 Å². The number of hydrogen-bond acceptors (Lipinski definition) is 4. The van der Waals surface area contributed by atoms with Gasteiger partial charge in [-0.15, -0.1) is 12.4 Å². The van der Waals surface area contributed by atoms with Crippen LogP contribution < -0.4 is 11.1 Å². The lowest BCUT2D eigenvalue weighted by atomic mass is 10.1. The monoisotopic (exact) mass is 389 g/mol. The second kappa shape index (κ2) is 9.52. The minimum absolute atomic E-state index is 0. The molecule has 0 aliphatic carbocycles. The molecule has 8 heteroatoms. The van der Waals surface area contributed by atoms with E-state index in [-0.39, 0.29) is 35.2 Å². The van der Waals surface area contributed by atoms with Gasteiger partial charge in [0, 0.05) is 24.7 Å². The first-order valence-electron chi connectivity index (χ1n) is 8.46. The molecule has 2 atom stereocenters. The summed E-state index contributed by atoms with van der Waals surface area (Å²) in [6, 6.07) is 6.16. The molecule has 1 amide bonds. The highest BCUT2D eigenvalue weighted by Crippen LogP contribution is 2.25. The number of nitrogens with one attached hydrogen (secondary N) is 1. The van der Waals surface area contributed by atoms with Crippen LogP contribution in [0.1, 0.15) is 43.5 Å². The predicted molar refractivity (Wildman–Crippen MR) is 101 cm³/mol. The molecule has 0 aromatic heterocycles. The summed E-state index contributed by atoms with van der Waals surface area (Å²) in [5.41, 5.74) is 5.97. The molecular formula is C17H28ClN3O3S. The van der Waals surface area contributed by atoms with Crippen molar-refractivity contribution < 1.29 is 13.2 Å². The number of benzene rings is 1. The van der Waals surface area contributed by atoms with E-state index in [4.69, 9.17) is 5.73 Å². The number of carbonyl (C=O) groups is 1. The van der Waals surface area contributed by atoms with Crippen molar-refractivity contribution in [3.8, 4) is 0 Å². The zero-order valence-corrected chi connectivity index (χ0v) is 16.4. The van der Waals surface area contributed by atoms with E-state index in [0.717, 1.165) is 19.3 Å². The van der Waals surface area contributed by atoms with E-state index in [1.807, 2.05) is 13.8 Å². The number of rotatable bonds is 6. The van der Waals surface area contributed by atoms with Crippen molar-refractivity contribution in [1.82, 2.24) is 9.62 Å². The number of sulfonamides is 1. The van der Waals surface area contributed by atoms with Gasteiger partial charge in [0.25, 0.3) is 5.91 Å². The lowest BCUT2D eigenvalue weighted by Gasteiger charge is -2.32. The smallest absolute Gasteiger partial charge is 0.251 e. The van der Waals surface area contributed by atoms with Crippen LogP contribution in [0.5, 0.6) is 0 Å². The Kier molecular flexibility index (Phi) is 8.34. The fourth-order valence-corrected chi connectivity index (χ4v) is 4.49. The summed E-state index contributed by atoms with van der Waals surface area (Å²) in [6.45, 7) is 5.46. The molecule has 142 valence electrons. The number of piperidine rings is 1. The van der Waals surface area contributed by atoms with Gasteiger partial charge in [0.05, 0.1) is 4.90 Å². The summed E-state index contributed by atoms with van der Waals surface area (Å²) in [6.07, 6.45) is 2.84. The van der Waals surface area contributed by atoms with Crippen LogP contribution in [0.4, 0.5) is 0 Å². The van der Waals surface area contributed by atoms with E-state index in [2.05, 4.69) is 5.32 Å². The Labute approximate surface area is 156 Å². The Balaban J connectivity index is 0.00000312. The minimum Gasteiger partial charge on any atom is -0.352 e. The van der Waals surface area contributed by atoms with Crippen LogP contribution in [0.25, 0.3) is 0 Å². The van der Waals surface area contributed by atoms with Gasteiger partial charge < -0.3 is 11.1 Å². The maximum atomic E-state index is 12.7. The van der Waals surface area contributed by atoms with Crippen molar-refractivity contribution in [2.24, 2.45) is 11.7 Å². The zero-order valence-electron chi connectivity index (χ0n) is 14.8. The summed E-state index contributed by atoms with van der Waals surface area (Å²) >= 11 is 0. The Morgan fingerprint density at radius 1 is 1.32 bits per heavy atom. The molecule has 2 unspecified atom stereocenters. The van der Waals surface area contributed by atoms with Gasteiger partial charge in [-0.3, -0.25) is 4.79 Å². The van der Waals surface area contributed by atoms with Crippen LogP contribution in [-0.2, 0) is 10.0 Å². The number of amides is 1. The standard InChI is InChI=1S/C17H27N3O3S.ClH/c1-13(11-18)12-19-17(21)15-6-8-16(9-7-15)24(22,23)20-10-4-3-5-14(20)2;/h6-9,13-14H,3-5,10-12,18H2,1-2H3,(H,19,21);1H. The molecule has 0 spiro atoms. The summed E-state index contributed by atoms with van der Waals surface area (Å²) in [7, 11) is -3.50. The van der Waals surface area contributed by atoms with E-state index < -0.39 is 10.0 Å². The molecule has 2 rings (SSSR count). The third-order valence-corrected chi connectivity index (χ3v) is 6.51. The average Bonchev–Trinajstić information content (AvgIpc) is 2.59. The van der Waals surface area contributed by atoms with Crippen LogP contribution in [0.2, 0.25) is 0 Å². The van der Waals surface area contributed by atoms with E-state index in [1.165, 1.54) is 12.1 Å². The Morgan fingerprint density at radius 3 is 2.52 bits per heavy atom. The molecule has 1 aromatic rings. The van der Waals surface area contributed by atoms with Gasteiger partial charge >= 0.3 is 0 Å². The number of nitrogens with zero attached hydrogens (tertiary/aromatic N) is 1. The molecule has 0 bridgehead atoms. The van der Waals surface area contributed by atoms with Gasteiger partial charge in [0.15, 0.2) is 0 Å². The van der Waals surface area contributed by atoms with Crippen molar-refractivity contribution in [3.05, 3.63) is 29.8 Å². The second-order valence-electron chi connectivity index (χ2n) is 6.54. The Bertz CT molecular complexity index is 664. The van der Waals surface area contributed by atoms with Gasteiger partial charge in [0.1, 0.15) is 0 Å². The highest BCUT2D eigenvalue weighted by atomic mass is 35.5. The highest BCUT2D eigenvalue weighted by Gasteiger charge is 2.30. The van der Waals surface area contributed by atoms with Crippen LogP contribution >= 0.6 is 12.4 Å². The third kappa shape index (κ3) is 5.41. The van der Waals surface area contributed by atoms with Crippen molar-refractivity contribution >= 4 is 28.3 Å². The first-order valence-corrected chi connectivity index (χ1v) is 9.90. The summed E-state index contributed by atoms with van der Waals surface area (Å²) in [5.74, 6) is -0.0141. The number of carbonyl (C=O) groups excluding carboxylic acids is 1. The molecule has 3 N–H and O–H groups in total. The third-order valence-electron chi connectivity index (χ3n) is 4.48. The first-order chi connectivity index (χ1) is 11.4. The molecule has 0 saturated carbocycles. The van der Waals surface area contributed by atoms with Crippen molar-refractivity contribution in [1.29, 1.82) is 0 Å². The van der Waals surface area contributed by atoms with E-state index in [9.17, 15) is 13.2 Å². The molecule has 1 fully saturated rings. The maximum absolute atomic E-state index is 12.7. The molecule has 25 heavy (non-hydrogen) atoms. The SMILES string of the molecule is CC(CN)CNC(=O)c1ccc(S(=O)(=O)N2CCCCC2C)cc1.Cl. The fraction of sp³-hybridized carbons (Fsp3) is 0.588. The highest BCUT2D eigenvalue weighted by molar-refractivity contribution is 7.89.